The molecule has 3 nitrogen and oxygen atoms in total. The lowest BCUT2D eigenvalue weighted by Crippen LogP contribution is -2.33. The van der Waals surface area contributed by atoms with E-state index in [-0.39, 0.29) is 24.1 Å². The predicted molar refractivity (Wildman–Crippen MR) is 107 cm³/mol. The van der Waals surface area contributed by atoms with Crippen LogP contribution < -0.4 is 4.90 Å². The number of rotatable bonds is 4. The number of carbonyl (C=O) groups excluding carboxylic acids is 1. The number of anilines is 1. The molecule has 138 valence electrons. The molecule has 1 aromatic heterocycles. The molecule has 4 rings (SSSR count). The molecule has 0 radical (unpaired) electrons. The van der Waals surface area contributed by atoms with Gasteiger partial charge < -0.3 is 0 Å². The van der Waals surface area contributed by atoms with Crippen LogP contribution in [0.5, 0.6) is 0 Å². The van der Waals surface area contributed by atoms with Crippen molar-refractivity contribution in [1.29, 1.82) is 0 Å². The van der Waals surface area contributed by atoms with Gasteiger partial charge in [0.15, 0.2) is 11.6 Å². The summed E-state index contributed by atoms with van der Waals surface area (Å²) in [5.41, 5.74) is 4.78. The zero-order chi connectivity index (χ0) is 19.0. The molecule has 0 unspecified atom stereocenters. The average Bonchev–Trinajstić information content (AvgIpc) is 3.16. The predicted octanol–water partition coefficient (Wildman–Crippen LogP) is 4.94. The summed E-state index contributed by atoms with van der Waals surface area (Å²) in [4.78, 5) is 18.3. The fourth-order valence-electron chi connectivity index (χ4n) is 3.78. The van der Waals surface area contributed by atoms with Crippen LogP contribution >= 0.6 is 11.6 Å². The molecule has 1 heterocycles. The number of benzene rings is 2. The second-order valence-corrected chi connectivity index (χ2v) is 7.23. The summed E-state index contributed by atoms with van der Waals surface area (Å²) in [6, 6.07) is 13.6. The number of aryl methyl sites for hydroxylation is 3. The second kappa shape index (κ2) is 7.28. The van der Waals surface area contributed by atoms with Crippen molar-refractivity contribution < 1.29 is 9.18 Å². The molecule has 0 bridgehead atoms. The van der Waals surface area contributed by atoms with Crippen LogP contribution in [0, 0.1) is 12.7 Å². The van der Waals surface area contributed by atoms with Crippen LogP contribution in [0.4, 0.5) is 10.2 Å². The van der Waals surface area contributed by atoms with E-state index >= 15 is 4.39 Å². The Labute approximate surface area is 162 Å². The first-order chi connectivity index (χ1) is 13.1. The zero-order valence-electron chi connectivity index (χ0n) is 15.1. The summed E-state index contributed by atoms with van der Waals surface area (Å²) in [5.74, 6) is -1.03. The molecule has 1 aliphatic rings. The van der Waals surface area contributed by atoms with Crippen LogP contribution in [0.3, 0.4) is 0 Å². The molecule has 1 amide bonds. The van der Waals surface area contributed by atoms with Crippen molar-refractivity contribution in [3.63, 3.8) is 0 Å². The van der Waals surface area contributed by atoms with Crippen molar-refractivity contribution in [2.75, 3.05) is 10.8 Å². The molecule has 3 aromatic rings. The van der Waals surface area contributed by atoms with Crippen molar-refractivity contribution in [1.82, 2.24) is 4.98 Å². The Hall–Kier alpha value is -2.46. The summed E-state index contributed by atoms with van der Waals surface area (Å²) >= 11 is 5.83. The largest absolute Gasteiger partial charge is 0.289 e. The highest BCUT2D eigenvalue weighted by molar-refractivity contribution is 6.29. The molecule has 5 heteroatoms. The molecule has 0 spiro atoms. The number of aromatic nitrogens is 1. The Morgan fingerprint density at radius 3 is 2.78 bits per heavy atom. The first-order valence-corrected chi connectivity index (χ1v) is 9.64. The number of pyridine rings is 1. The molecule has 0 N–H and O–H groups in total. The lowest BCUT2D eigenvalue weighted by atomic mass is 10.1. The van der Waals surface area contributed by atoms with Gasteiger partial charge in [0.25, 0.3) is 0 Å². The molecule has 0 aliphatic heterocycles. The zero-order valence-corrected chi connectivity index (χ0v) is 15.9. The third-order valence-corrected chi connectivity index (χ3v) is 5.46. The minimum atomic E-state index is -0.478. The van der Waals surface area contributed by atoms with Gasteiger partial charge in [0.05, 0.1) is 12.1 Å². The Kier molecular flexibility index (Phi) is 4.83. The number of nitrogens with zero attached hydrogens (tertiary/aromatic N) is 2. The lowest BCUT2D eigenvalue weighted by Gasteiger charge is -2.23. The van der Waals surface area contributed by atoms with Gasteiger partial charge in [0.2, 0.25) is 5.91 Å². The number of halogens is 2. The highest BCUT2D eigenvalue weighted by atomic mass is 35.5. The maximum absolute atomic E-state index is 15.1. The maximum Gasteiger partial charge on any atom is 0.243 e. The molecule has 0 fully saturated rings. The quantitative estimate of drug-likeness (QED) is 0.598. The van der Waals surface area contributed by atoms with Crippen LogP contribution in [-0.4, -0.2) is 16.8 Å². The monoisotopic (exact) mass is 382 g/mol. The van der Waals surface area contributed by atoms with Crippen LogP contribution in [0.15, 0.2) is 42.5 Å². The van der Waals surface area contributed by atoms with Gasteiger partial charge in [-0.1, -0.05) is 36.4 Å². The standard InChI is InChI=1S/C22H20ClFN2O/c1-14-18-7-2-3-8-19(18)25-22(21(14)24)26(20(27)12-23)13-15-9-10-16-5-4-6-17(16)11-15/h2-3,7-11H,4-6,12-13H2,1H3. The fraction of sp³-hybridized carbons (Fsp3) is 0.273. The average molecular weight is 383 g/mol. The molecular weight excluding hydrogens is 363 g/mol. The van der Waals surface area contributed by atoms with Gasteiger partial charge in [-0.3, -0.25) is 9.69 Å². The van der Waals surface area contributed by atoms with E-state index in [1.807, 2.05) is 30.3 Å². The van der Waals surface area contributed by atoms with Crippen LogP contribution in [0.2, 0.25) is 0 Å². The first kappa shape index (κ1) is 17.9. The van der Waals surface area contributed by atoms with Crippen LogP contribution in [0.1, 0.15) is 28.7 Å². The normalized spacial score (nSPS) is 13.0. The van der Waals surface area contributed by atoms with E-state index in [2.05, 4.69) is 17.1 Å². The van der Waals surface area contributed by atoms with E-state index in [1.165, 1.54) is 16.0 Å². The molecule has 0 saturated carbocycles. The van der Waals surface area contributed by atoms with E-state index in [1.54, 1.807) is 6.92 Å². The van der Waals surface area contributed by atoms with E-state index in [9.17, 15) is 4.79 Å². The van der Waals surface area contributed by atoms with Gasteiger partial charge >= 0.3 is 0 Å². The Morgan fingerprint density at radius 2 is 1.96 bits per heavy atom. The topological polar surface area (TPSA) is 33.2 Å². The van der Waals surface area contributed by atoms with Crippen LogP contribution in [0.25, 0.3) is 10.9 Å². The summed E-state index contributed by atoms with van der Waals surface area (Å²) in [6.07, 6.45) is 3.30. The molecular formula is C22H20ClFN2O. The number of alkyl halides is 1. The summed E-state index contributed by atoms with van der Waals surface area (Å²) in [7, 11) is 0. The van der Waals surface area contributed by atoms with E-state index in [0.717, 1.165) is 30.2 Å². The molecule has 0 atom stereocenters. The number of para-hydroxylation sites is 1. The minimum Gasteiger partial charge on any atom is -0.289 e. The molecule has 0 saturated heterocycles. The Morgan fingerprint density at radius 1 is 1.19 bits per heavy atom. The summed E-state index contributed by atoms with van der Waals surface area (Å²) in [5, 5.41) is 0.745. The number of carbonyl (C=O) groups is 1. The minimum absolute atomic E-state index is 0.0392. The summed E-state index contributed by atoms with van der Waals surface area (Å²) < 4.78 is 15.1. The summed E-state index contributed by atoms with van der Waals surface area (Å²) in [6.45, 7) is 1.96. The molecule has 2 aromatic carbocycles. The van der Waals surface area contributed by atoms with Gasteiger partial charge in [-0.25, -0.2) is 9.37 Å². The van der Waals surface area contributed by atoms with Gasteiger partial charge in [0, 0.05) is 5.39 Å². The van der Waals surface area contributed by atoms with Gasteiger partial charge in [0.1, 0.15) is 5.88 Å². The third kappa shape index (κ3) is 3.30. The van der Waals surface area contributed by atoms with Crippen LogP contribution in [-0.2, 0) is 24.2 Å². The second-order valence-electron chi connectivity index (χ2n) is 6.96. The number of amides is 1. The SMILES string of the molecule is Cc1c(F)c(N(Cc2ccc3c(c2)CCC3)C(=O)CCl)nc2ccccc12. The van der Waals surface area contributed by atoms with E-state index in [4.69, 9.17) is 11.6 Å². The first-order valence-electron chi connectivity index (χ1n) is 9.10. The van der Waals surface area contributed by atoms with Gasteiger partial charge in [-0.15, -0.1) is 11.6 Å². The van der Waals surface area contributed by atoms with Crippen molar-refractivity contribution >= 4 is 34.2 Å². The maximum atomic E-state index is 15.1. The Balaban J connectivity index is 1.78. The third-order valence-electron chi connectivity index (χ3n) is 5.23. The van der Waals surface area contributed by atoms with Gasteiger partial charge in [-0.2, -0.15) is 0 Å². The van der Waals surface area contributed by atoms with E-state index < -0.39 is 5.82 Å². The molecule has 1 aliphatic carbocycles. The fourth-order valence-corrected chi connectivity index (χ4v) is 3.92. The molecule has 27 heavy (non-hydrogen) atoms. The van der Waals surface area contributed by atoms with Crippen molar-refractivity contribution in [3.8, 4) is 0 Å². The highest BCUT2D eigenvalue weighted by Gasteiger charge is 2.23. The highest BCUT2D eigenvalue weighted by Crippen LogP contribution is 2.29. The van der Waals surface area contributed by atoms with Crippen molar-refractivity contribution in [3.05, 3.63) is 70.5 Å². The smallest absolute Gasteiger partial charge is 0.243 e. The number of fused-ring (bicyclic) bond motifs is 2. The Bertz CT molecular complexity index is 1030. The number of hydrogen-bond donors (Lipinski definition) is 0. The lowest BCUT2D eigenvalue weighted by molar-refractivity contribution is -0.116. The van der Waals surface area contributed by atoms with Gasteiger partial charge in [-0.05, 0) is 54.5 Å². The van der Waals surface area contributed by atoms with E-state index in [0.29, 0.717) is 11.1 Å². The number of hydrogen-bond acceptors (Lipinski definition) is 2. The van der Waals surface area contributed by atoms with Crippen molar-refractivity contribution in [2.45, 2.75) is 32.7 Å². The van der Waals surface area contributed by atoms with Crippen molar-refractivity contribution in [2.24, 2.45) is 0 Å².